The molecule has 2 saturated heterocycles. The third-order valence-electron chi connectivity index (χ3n) is 5.07. The molecule has 1 aromatic carbocycles. The van der Waals surface area contributed by atoms with Crippen molar-refractivity contribution in [3.8, 4) is 0 Å². The summed E-state index contributed by atoms with van der Waals surface area (Å²) in [5.74, 6) is 0.116. The van der Waals surface area contributed by atoms with Gasteiger partial charge in [0.2, 0.25) is 0 Å². The number of hydrogen-bond acceptors (Lipinski definition) is 8. The normalized spacial score (nSPS) is 32.0. The third kappa shape index (κ3) is 2.36. The standard InChI is InChI=1S/C17H17BN4O4/c19-17-13-12(21-8-22-17)10(6-20-13)14-16-15(11(7-23)24-14)25-18(26-16)9-4-2-1-3-5-9/h1-6,8,10-11,14-16,23H,7H2,(H2,19,21,22)/t10?,11-,14+,15-,16+/m1/s1. The molecule has 3 aliphatic rings. The van der Waals surface area contributed by atoms with Gasteiger partial charge in [0.1, 0.15) is 18.1 Å². The van der Waals surface area contributed by atoms with E-state index >= 15 is 0 Å². The van der Waals surface area contributed by atoms with E-state index in [4.69, 9.17) is 19.8 Å². The molecule has 5 atom stereocenters. The number of nitrogens with two attached hydrogens (primary N) is 1. The van der Waals surface area contributed by atoms with Crippen LogP contribution in [-0.4, -0.2) is 59.4 Å². The zero-order valence-electron chi connectivity index (χ0n) is 13.8. The number of rotatable bonds is 3. The largest absolute Gasteiger partial charge is 0.494 e. The highest BCUT2D eigenvalue weighted by Crippen LogP contribution is 2.43. The first-order valence-electron chi connectivity index (χ1n) is 8.53. The molecule has 2 fully saturated rings. The Hall–Kier alpha value is -2.33. The molecular weight excluding hydrogens is 335 g/mol. The van der Waals surface area contributed by atoms with Crippen molar-refractivity contribution >= 4 is 30.3 Å². The van der Waals surface area contributed by atoms with E-state index in [0.717, 1.165) is 5.46 Å². The molecule has 0 radical (unpaired) electrons. The van der Waals surface area contributed by atoms with Crippen molar-refractivity contribution in [2.45, 2.75) is 30.3 Å². The highest BCUT2D eigenvalue weighted by molar-refractivity contribution is 6.61. The van der Waals surface area contributed by atoms with Crippen molar-refractivity contribution < 1.29 is 19.2 Å². The molecule has 26 heavy (non-hydrogen) atoms. The van der Waals surface area contributed by atoms with E-state index < -0.39 is 13.2 Å². The van der Waals surface area contributed by atoms with Crippen LogP contribution in [-0.2, 0) is 14.0 Å². The Morgan fingerprint density at radius 3 is 2.69 bits per heavy atom. The highest BCUT2D eigenvalue weighted by atomic mass is 16.7. The third-order valence-corrected chi connectivity index (χ3v) is 5.07. The van der Waals surface area contributed by atoms with E-state index in [9.17, 15) is 5.11 Å². The number of hydrogen-bond donors (Lipinski definition) is 2. The summed E-state index contributed by atoms with van der Waals surface area (Å²) in [6.45, 7) is -0.148. The predicted molar refractivity (Wildman–Crippen MR) is 94.7 cm³/mol. The second-order valence-corrected chi connectivity index (χ2v) is 6.56. The number of aliphatic hydroxyl groups is 1. The summed E-state index contributed by atoms with van der Waals surface area (Å²) in [6, 6.07) is 9.73. The molecule has 0 bridgehead atoms. The molecule has 1 aromatic heterocycles. The Morgan fingerprint density at radius 1 is 1.08 bits per heavy atom. The van der Waals surface area contributed by atoms with Crippen molar-refractivity contribution in [3.63, 3.8) is 0 Å². The molecule has 3 N–H and O–H groups in total. The van der Waals surface area contributed by atoms with Gasteiger partial charge in [-0.3, -0.25) is 4.99 Å². The minimum atomic E-state index is -0.486. The van der Waals surface area contributed by atoms with Crippen LogP contribution < -0.4 is 11.2 Å². The first kappa shape index (κ1) is 15.9. The lowest BCUT2D eigenvalue weighted by atomic mass is 9.79. The smallest absolute Gasteiger partial charge is 0.399 e. The molecular formula is C17H17BN4O4. The summed E-state index contributed by atoms with van der Waals surface area (Å²) in [5.41, 5.74) is 8.11. The zero-order valence-corrected chi connectivity index (χ0v) is 13.8. The van der Waals surface area contributed by atoms with Gasteiger partial charge in [-0.25, -0.2) is 9.97 Å². The molecule has 0 amide bonds. The molecule has 8 nitrogen and oxygen atoms in total. The Labute approximate surface area is 150 Å². The van der Waals surface area contributed by atoms with Gasteiger partial charge in [-0.05, 0) is 5.46 Å². The first-order valence-corrected chi connectivity index (χ1v) is 8.53. The maximum absolute atomic E-state index is 9.73. The van der Waals surface area contributed by atoms with Crippen LogP contribution >= 0.6 is 0 Å². The maximum atomic E-state index is 9.73. The van der Waals surface area contributed by atoms with Gasteiger partial charge in [0.05, 0.1) is 36.5 Å². The number of aromatic nitrogens is 2. The van der Waals surface area contributed by atoms with Gasteiger partial charge in [-0.2, -0.15) is 0 Å². The summed E-state index contributed by atoms with van der Waals surface area (Å²) in [5, 5.41) is 9.73. The van der Waals surface area contributed by atoms with Crippen LogP contribution in [0.3, 0.4) is 0 Å². The molecule has 0 aliphatic carbocycles. The SMILES string of the molecule is Nc1ncnc2c1N=CC2[C@@H]1O[C@H](CO)[C@H]2OB(c3ccccc3)O[C@H]21. The van der Waals surface area contributed by atoms with Crippen LogP contribution in [0.15, 0.2) is 41.7 Å². The van der Waals surface area contributed by atoms with E-state index in [1.54, 1.807) is 6.21 Å². The second kappa shape index (κ2) is 6.13. The van der Waals surface area contributed by atoms with Gasteiger partial charge < -0.3 is 24.9 Å². The van der Waals surface area contributed by atoms with Gasteiger partial charge in [0, 0.05) is 6.21 Å². The van der Waals surface area contributed by atoms with Gasteiger partial charge in [-0.1, -0.05) is 30.3 Å². The highest BCUT2D eigenvalue weighted by Gasteiger charge is 2.56. The van der Waals surface area contributed by atoms with Crippen molar-refractivity contribution in [2.75, 3.05) is 12.3 Å². The fraction of sp³-hybridized carbons (Fsp3) is 0.353. The number of aliphatic imine (C=N–C) groups is 1. The van der Waals surface area contributed by atoms with Gasteiger partial charge in [-0.15, -0.1) is 0 Å². The van der Waals surface area contributed by atoms with Gasteiger partial charge >= 0.3 is 7.12 Å². The first-order chi connectivity index (χ1) is 12.8. The van der Waals surface area contributed by atoms with E-state index in [1.807, 2.05) is 30.3 Å². The molecule has 132 valence electrons. The van der Waals surface area contributed by atoms with E-state index in [2.05, 4.69) is 15.0 Å². The number of benzene rings is 1. The predicted octanol–water partition coefficient (Wildman–Crippen LogP) is -0.203. The molecule has 0 spiro atoms. The number of nitrogen functional groups attached to an aromatic ring is 1. The molecule has 3 aliphatic heterocycles. The lowest BCUT2D eigenvalue weighted by Gasteiger charge is -2.22. The van der Waals surface area contributed by atoms with Crippen molar-refractivity contribution in [1.82, 2.24) is 9.97 Å². The number of fused-ring (bicyclic) bond motifs is 2. The Kier molecular flexibility index (Phi) is 3.75. The summed E-state index contributed by atoms with van der Waals surface area (Å²) in [4.78, 5) is 12.7. The van der Waals surface area contributed by atoms with Crippen LogP contribution in [0.2, 0.25) is 0 Å². The number of anilines is 1. The fourth-order valence-corrected chi connectivity index (χ4v) is 3.84. The van der Waals surface area contributed by atoms with E-state index in [0.29, 0.717) is 17.2 Å². The summed E-state index contributed by atoms with van der Waals surface area (Å²) < 4.78 is 18.3. The fourth-order valence-electron chi connectivity index (χ4n) is 3.84. The van der Waals surface area contributed by atoms with E-state index in [-0.39, 0.29) is 30.8 Å². The van der Waals surface area contributed by atoms with Crippen LogP contribution in [0.5, 0.6) is 0 Å². The van der Waals surface area contributed by atoms with Crippen molar-refractivity contribution in [2.24, 2.45) is 4.99 Å². The topological polar surface area (TPSA) is 112 Å². The van der Waals surface area contributed by atoms with Crippen molar-refractivity contribution in [1.29, 1.82) is 0 Å². The lowest BCUT2D eigenvalue weighted by molar-refractivity contribution is -0.0290. The summed E-state index contributed by atoms with van der Waals surface area (Å²) in [7, 11) is -0.486. The molecule has 0 saturated carbocycles. The van der Waals surface area contributed by atoms with Gasteiger partial charge in [0.25, 0.3) is 0 Å². The van der Waals surface area contributed by atoms with Crippen LogP contribution in [0.25, 0.3) is 0 Å². The average molecular weight is 352 g/mol. The molecule has 1 unspecified atom stereocenters. The van der Waals surface area contributed by atoms with E-state index in [1.165, 1.54) is 6.33 Å². The van der Waals surface area contributed by atoms with Crippen LogP contribution in [0, 0.1) is 0 Å². The monoisotopic (exact) mass is 352 g/mol. The summed E-state index contributed by atoms with van der Waals surface area (Å²) in [6.07, 6.45) is 1.66. The molecule has 4 heterocycles. The Morgan fingerprint density at radius 2 is 1.88 bits per heavy atom. The maximum Gasteiger partial charge on any atom is 0.494 e. The molecule has 5 rings (SSSR count). The lowest BCUT2D eigenvalue weighted by Crippen LogP contribution is -2.37. The van der Waals surface area contributed by atoms with Gasteiger partial charge in [0.15, 0.2) is 5.82 Å². The minimum absolute atomic E-state index is 0.148. The van der Waals surface area contributed by atoms with Crippen LogP contribution in [0.4, 0.5) is 11.5 Å². The molecule has 9 heteroatoms. The number of nitrogens with zero attached hydrogens (tertiary/aromatic N) is 3. The van der Waals surface area contributed by atoms with Crippen molar-refractivity contribution in [3.05, 3.63) is 42.4 Å². The Balaban J connectivity index is 1.45. The zero-order chi connectivity index (χ0) is 17.7. The quantitative estimate of drug-likeness (QED) is 0.736. The Bertz CT molecular complexity index is 852. The summed E-state index contributed by atoms with van der Waals surface area (Å²) >= 11 is 0. The number of ether oxygens (including phenoxy) is 1. The number of aliphatic hydroxyl groups excluding tert-OH is 1. The molecule has 2 aromatic rings. The van der Waals surface area contributed by atoms with Crippen LogP contribution in [0.1, 0.15) is 11.6 Å². The average Bonchev–Trinajstić information content (AvgIpc) is 3.36. The minimum Gasteiger partial charge on any atom is -0.399 e. The second-order valence-electron chi connectivity index (χ2n) is 6.56.